The molecule has 2 aliphatic heterocycles. The van der Waals surface area contributed by atoms with Crippen molar-refractivity contribution < 1.29 is 9.13 Å². The molecule has 8 rings (SSSR count). The molecule has 0 amide bonds. The van der Waals surface area contributed by atoms with Crippen LogP contribution in [0.4, 0.5) is 4.39 Å². The average molecular weight is 524 g/mol. The molecule has 2 atom stereocenters. The molecule has 1 saturated carbocycles. The highest BCUT2D eigenvalue weighted by atomic mass is 19.1. The van der Waals surface area contributed by atoms with Crippen LogP contribution in [-0.2, 0) is 4.74 Å². The van der Waals surface area contributed by atoms with E-state index in [0.29, 0.717) is 34.9 Å². The second kappa shape index (κ2) is 9.20. The zero-order chi connectivity index (χ0) is 25.9. The van der Waals surface area contributed by atoms with Gasteiger partial charge in [-0.05, 0) is 68.4 Å². The Morgan fingerprint density at radius 1 is 0.872 bits per heavy atom. The quantitative estimate of drug-likeness (QED) is 0.341. The van der Waals surface area contributed by atoms with E-state index in [1.807, 2.05) is 28.9 Å². The molecule has 4 aromatic heterocycles. The first-order valence-electron chi connectivity index (χ1n) is 14.0. The van der Waals surface area contributed by atoms with E-state index < -0.39 is 0 Å². The van der Waals surface area contributed by atoms with Crippen LogP contribution in [0, 0.1) is 5.82 Å². The van der Waals surface area contributed by atoms with Crippen LogP contribution in [0.25, 0.3) is 38.9 Å². The molecule has 2 bridgehead atoms. The fourth-order valence-corrected chi connectivity index (χ4v) is 7.38. The van der Waals surface area contributed by atoms with Crippen LogP contribution >= 0.6 is 0 Å². The average Bonchev–Trinajstić information content (AvgIpc) is 3.69. The minimum absolute atomic E-state index is 0.327. The van der Waals surface area contributed by atoms with E-state index >= 15 is 0 Å². The maximum atomic E-state index is 14.6. The number of fused-ring (bicyclic) bond motifs is 4. The minimum Gasteiger partial charge on any atom is -0.378 e. The maximum absolute atomic E-state index is 14.6. The molecule has 198 valence electrons. The number of halogens is 1. The van der Waals surface area contributed by atoms with Gasteiger partial charge in [0.05, 0.1) is 25.0 Å². The van der Waals surface area contributed by atoms with Crippen LogP contribution in [-0.4, -0.2) is 66.0 Å². The molecule has 8 nitrogen and oxygen atoms in total. The molecule has 1 aliphatic carbocycles. The van der Waals surface area contributed by atoms with Crippen LogP contribution in [0.1, 0.15) is 50.1 Å². The lowest BCUT2D eigenvalue weighted by Gasteiger charge is -2.43. The highest BCUT2D eigenvalue weighted by Gasteiger charge is 2.42. The summed E-state index contributed by atoms with van der Waals surface area (Å²) in [4.78, 5) is 11.8. The number of pyridine rings is 1. The number of aromatic nitrogens is 6. The number of benzene rings is 1. The Bertz CT molecular complexity index is 1640. The number of hydrogen-bond donors (Lipinski definition) is 1. The summed E-state index contributed by atoms with van der Waals surface area (Å²) < 4.78 is 22.4. The van der Waals surface area contributed by atoms with Gasteiger partial charge in [-0.2, -0.15) is 10.2 Å². The second-order valence-electron chi connectivity index (χ2n) is 11.2. The Kier molecular flexibility index (Phi) is 5.48. The fourth-order valence-electron chi connectivity index (χ4n) is 7.38. The van der Waals surface area contributed by atoms with E-state index in [1.165, 1.54) is 37.4 Å². The Labute approximate surface area is 225 Å². The number of hydrogen-bond acceptors (Lipinski definition) is 6. The lowest BCUT2D eigenvalue weighted by atomic mass is 9.82. The smallest absolute Gasteiger partial charge is 0.163 e. The predicted molar refractivity (Wildman–Crippen MR) is 146 cm³/mol. The lowest BCUT2D eigenvalue weighted by Crippen LogP contribution is -2.52. The summed E-state index contributed by atoms with van der Waals surface area (Å²) in [6.45, 7) is 1.78. The maximum Gasteiger partial charge on any atom is 0.163 e. The van der Waals surface area contributed by atoms with Gasteiger partial charge >= 0.3 is 0 Å². The summed E-state index contributed by atoms with van der Waals surface area (Å²) in [6.07, 6.45) is 14.3. The summed E-state index contributed by atoms with van der Waals surface area (Å²) in [5.41, 5.74) is 5.86. The molecule has 0 spiro atoms. The fraction of sp³-hybridized carbons (Fsp3) is 0.400. The molecule has 0 radical (unpaired) electrons. The molecule has 3 aliphatic rings. The van der Waals surface area contributed by atoms with Gasteiger partial charge in [0.1, 0.15) is 17.0 Å². The molecule has 1 N–H and O–H groups in total. The zero-order valence-corrected chi connectivity index (χ0v) is 21.6. The summed E-state index contributed by atoms with van der Waals surface area (Å²) in [5.74, 6) is 0.0814. The third-order valence-corrected chi connectivity index (χ3v) is 9.17. The number of ether oxygens (including phenoxy) is 1. The van der Waals surface area contributed by atoms with Gasteiger partial charge in [0.25, 0.3) is 0 Å². The van der Waals surface area contributed by atoms with Crippen molar-refractivity contribution in [1.82, 2.24) is 34.7 Å². The number of H-pyrrole nitrogens is 1. The highest BCUT2D eigenvalue weighted by molar-refractivity contribution is 6.02. The van der Waals surface area contributed by atoms with Gasteiger partial charge in [-0.1, -0.05) is 6.07 Å². The van der Waals surface area contributed by atoms with E-state index in [-0.39, 0.29) is 5.82 Å². The summed E-state index contributed by atoms with van der Waals surface area (Å²) in [6, 6.07) is 11.2. The van der Waals surface area contributed by atoms with Gasteiger partial charge in [0.2, 0.25) is 0 Å². The number of nitrogens with zero attached hydrogens (tertiary/aromatic N) is 6. The van der Waals surface area contributed by atoms with Crippen molar-refractivity contribution in [2.24, 2.45) is 0 Å². The second-order valence-corrected chi connectivity index (χ2v) is 11.2. The van der Waals surface area contributed by atoms with E-state index in [1.54, 1.807) is 18.6 Å². The van der Waals surface area contributed by atoms with Crippen molar-refractivity contribution >= 4 is 16.6 Å². The largest absolute Gasteiger partial charge is 0.378 e. The predicted octanol–water partition coefficient (Wildman–Crippen LogP) is 5.36. The van der Waals surface area contributed by atoms with E-state index in [4.69, 9.17) is 14.8 Å². The number of nitrogens with one attached hydrogen (secondary N) is 1. The minimum atomic E-state index is -0.327. The monoisotopic (exact) mass is 523 g/mol. The molecule has 2 saturated heterocycles. The zero-order valence-electron chi connectivity index (χ0n) is 21.6. The van der Waals surface area contributed by atoms with Crippen molar-refractivity contribution in [2.75, 3.05) is 13.2 Å². The Morgan fingerprint density at radius 3 is 2.44 bits per heavy atom. The summed E-state index contributed by atoms with van der Waals surface area (Å²) >= 11 is 0. The topological polar surface area (TPSA) is 84.2 Å². The van der Waals surface area contributed by atoms with E-state index in [9.17, 15) is 4.39 Å². The molecule has 39 heavy (non-hydrogen) atoms. The van der Waals surface area contributed by atoms with Crippen molar-refractivity contribution in [3.8, 4) is 22.4 Å². The van der Waals surface area contributed by atoms with Gasteiger partial charge in [-0.3, -0.25) is 15.0 Å². The van der Waals surface area contributed by atoms with Crippen molar-refractivity contribution in [2.45, 2.75) is 62.6 Å². The van der Waals surface area contributed by atoms with Crippen LogP contribution in [0.2, 0.25) is 0 Å². The molecular weight excluding hydrogens is 493 g/mol. The van der Waals surface area contributed by atoms with E-state index in [0.717, 1.165) is 54.1 Å². The van der Waals surface area contributed by atoms with Gasteiger partial charge in [-0.25, -0.2) is 13.9 Å². The van der Waals surface area contributed by atoms with Crippen molar-refractivity contribution in [1.29, 1.82) is 0 Å². The molecule has 6 heterocycles. The van der Waals surface area contributed by atoms with Crippen LogP contribution in [0.15, 0.2) is 55.1 Å². The SMILES string of the molecule is Fc1ccc(-c2c(-c3ccncc3)nn3c2nccc3[C@H]2CC[C@@H](N3C4CCC3COC4)CC2)c2cn[nH]c12. The number of rotatable bonds is 4. The summed E-state index contributed by atoms with van der Waals surface area (Å²) in [5, 5.41) is 12.8. The highest BCUT2D eigenvalue weighted by Crippen LogP contribution is 2.42. The van der Waals surface area contributed by atoms with Gasteiger partial charge in [0, 0.05) is 59.3 Å². The van der Waals surface area contributed by atoms with Crippen molar-refractivity contribution in [3.05, 3.63) is 66.6 Å². The Balaban J connectivity index is 1.21. The molecule has 5 aromatic rings. The molecule has 1 aromatic carbocycles. The number of morpholine rings is 1. The Morgan fingerprint density at radius 2 is 1.64 bits per heavy atom. The first kappa shape index (κ1) is 23.2. The standard InChI is InChI=1S/C30H30FN7O/c31-25-8-7-23(24-15-34-35-29(24)25)27-28(19-9-12-32-13-10-19)36-38-26(11-14-33-30(27)38)18-1-3-20(4-2-18)37-21-5-6-22(37)17-39-16-21/h7-15,18,20-22H,1-6,16-17H2,(H,34,35)/t18-,20+,21?,22?. The van der Waals surface area contributed by atoms with E-state index in [2.05, 4.69) is 26.1 Å². The Hall–Kier alpha value is -3.69. The third-order valence-electron chi connectivity index (χ3n) is 9.17. The van der Waals surface area contributed by atoms with Crippen LogP contribution < -0.4 is 0 Å². The van der Waals surface area contributed by atoms with Crippen LogP contribution in [0.5, 0.6) is 0 Å². The van der Waals surface area contributed by atoms with Gasteiger partial charge in [0.15, 0.2) is 5.65 Å². The lowest BCUT2D eigenvalue weighted by molar-refractivity contribution is -0.0443. The van der Waals surface area contributed by atoms with Crippen LogP contribution in [0.3, 0.4) is 0 Å². The first-order chi connectivity index (χ1) is 19.3. The molecular formula is C30H30FN7O. The molecule has 3 fully saturated rings. The normalized spacial score (nSPS) is 25.6. The first-order valence-corrected chi connectivity index (χ1v) is 14.0. The third kappa shape index (κ3) is 3.71. The van der Waals surface area contributed by atoms with Gasteiger partial charge in [-0.15, -0.1) is 0 Å². The van der Waals surface area contributed by atoms with Gasteiger partial charge < -0.3 is 4.74 Å². The van der Waals surface area contributed by atoms with Crippen molar-refractivity contribution in [3.63, 3.8) is 0 Å². The molecule has 2 unspecified atom stereocenters. The number of aromatic amines is 1. The molecule has 9 heteroatoms. The summed E-state index contributed by atoms with van der Waals surface area (Å²) in [7, 11) is 0.